The van der Waals surface area contributed by atoms with Crippen LogP contribution in [-0.4, -0.2) is 47.0 Å². The normalized spacial score (nSPS) is 19.4. The fraction of sp³-hybridized carbons (Fsp3) is 0.321. The molecule has 0 aliphatic carbocycles. The maximum Gasteiger partial charge on any atom is 0.245 e. The van der Waals surface area contributed by atoms with E-state index in [0.29, 0.717) is 12.5 Å². The lowest BCUT2D eigenvalue weighted by Gasteiger charge is -2.35. The molecule has 5 rings (SSSR count). The lowest BCUT2D eigenvalue weighted by atomic mass is 9.96. The third-order valence-corrected chi connectivity index (χ3v) is 6.89. The Balaban J connectivity index is 1.18. The summed E-state index contributed by atoms with van der Waals surface area (Å²) in [7, 11) is 0. The third kappa shape index (κ3) is 4.86. The second kappa shape index (κ2) is 9.87. The van der Waals surface area contributed by atoms with E-state index in [1.165, 1.54) is 5.56 Å². The first-order valence-electron chi connectivity index (χ1n) is 11.8. The standard InChI is InChI=1S/C28H31N3O2/c32-27(31(24-10-3-1-4-11-24)25-12-5-2-6-13-25)21-29-17-15-22(16-18-29)19-30-20-23-9-7-8-14-26(23)28(30)33/h1-14,22,28,33H,15-21H2. The molecule has 0 aromatic heterocycles. The van der Waals surface area contributed by atoms with Crippen molar-refractivity contribution in [1.82, 2.24) is 9.80 Å². The first kappa shape index (κ1) is 21.8. The first-order chi connectivity index (χ1) is 16.2. The Bertz CT molecular complexity index is 1030. The Kier molecular flexibility index (Phi) is 6.53. The number of hydrogen-bond acceptors (Lipinski definition) is 4. The summed E-state index contributed by atoms with van der Waals surface area (Å²) >= 11 is 0. The number of amides is 1. The van der Waals surface area contributed by atoms with Crippen molar-refractivity contribution < 1.29 is 9.90 Å². The van der Waals surface area contributed by atoms with E-state index in [0.717, 1.165) is 56.0 Å². The number of hydrogen-bond donors (Lipinski definition) is 1. The number of carbonyl (C=O) groups excluding carboxylic acids is 1. The number of carbonyl (C=O) groups is 1. The van der Waals surface area contributed by atoms with E-state index in [2.05, 4.69) is 15.9 Å². The van der Waals surface area contributed by atoms with Crippen molar-refractivity contribution in [3.8, 4) is 0 Å². The molecule has 1 fully saturated rings. The van der Waals surface area contributed by atoms with E-state index in [9.17, 15) is 9.90 Å². The number of piperidine rings is 1. The summed E-state index contributed by atoms with van der Waals surface area (Å²) in [4.78, 5) is 19.7. The molecule has 1 N–H and O–H groups in total. The van der Waals surface area contributed by atoms with Crippen LogP contribution >= 0.6 is 0 Å². The van der Waals surface area contributed by atoms with Gasteiger partial charge in [-0.1, -0.05) is 60.7 Å². The summed E-state index contributed by atoms with van der Waals surface area (Å²) in [6, 6.07) is 27.9. The van der Waals surface area contributed by atoms with Crippen molar-refractivity contribution in [3.05, 3.63) is 96.1 Å². The molecule has 3 aromatic carbocycles. The molecule has 1 unspecified atom stereocenters. The largest absolute Gasteiger partial charge is 0.374 e. The predicted molar refractivity (Wildman–Crippen MR) is 131 cm³/mol. The van der Waals surface area contributed by atoms with Crippen LogP contribution in [0.2, 0.25) is 0 Å². The van der Waals surface area contributed by atoms with Gasteiger partial charge in [-0.2, -0.15) is 0 Å². The topological polar surface area (TPSA) is 47.0 Å². The second-order valence-electron chi connectivity index (χ2n) is 9.12. The maximum absolute atomic E-state index is 13.4. The minimum atomic E-state index is -0.494. The van der Waals surface area contributed by atoms with Gasteiger partial charge in [0.15, 0.2) is 0 Å². The van der Waals surface area contributed by atoms with Crippen LogP contribution in [-0.2, 0) is 11.3 Å². The van der Waals surface area contributed by atoms with E-state index in [1.54, 1.807) is 0 Å². The Hall–Kier alpha value is -2.99. The zero-order chi connectivity index (χ0) is 22.6. The minimum Gasteiger partial charge on any atom is -0.374 e. The van der Waals surface area contributed by atoms with Gasteiger partial charge in [-0.3, -0.25) is 19.5 Å². The number of para-hydroxylation sites is 2. The summed E-state index contributed by atoms with van der Waals surface area (Å²) in [5.41, 5.74) is 4.06. The van der Waals surface area contributed by atoms with Gasteiger partial charge in [-0.05, 0) is 67.2 Å². The van der Waals surface area contributed by atoms with Crippen molar-refractivity contribution in [3.63, 3.8) is 0 Å². The van der Waals surface area contributed by atoms with E-state index in [4.69, 9.17) is 0 Å². The molecule has 1 amide bonds. The van der Waals surface area contributed by atoms with E-state index < -0.39 is 6.23 Å². The Morgan fingerprint density at radius 3 is 2.03 bits per heavy atom. The van der Waals surface area contributed by atoms with Crippen molar-refractivity contribution >= 4 is 17.3 Å². The first-order valence-corrected chi connectivity index (χ1v) is 11.8. The highest BCUT2D eigenvalue weighted by molar-refractivity contribution is 6.01. The SMILES string of the molecule is O=C(CN1CCC(CN2Cc3ccccc3C2O)CC1)N(c1ccccc1)c1ccccc1. The van der Waals surface area contributed by atoms with Gasteiger partial charge in [0.05, 0.1) is 6.54 Å². The molecule has 0 spiro atoms. The number of aliphatic hydroxyl groups excluding tert-OH is 1. The predicted octanol–water partition coefficient (Wildman–Crippen LogP) is 4.57. The van der Waals surface area contributed by atoms with Crippen LogP contribution < -0.4 is 4.90 Å². The van der Waals surface area contributed by atoms with Crippen LogP contribution in [0.1, 0.15) is 30.2 Å². The van der Waals surface area contributed by atoms with Crippen LogP contribution in [0.5, 0.6) is 0 Å². The zero-order valence-corrected chi connectivity index (χ0v) is 18.9. The number of likely N-dealkylation sites (tertiary alicyclic amines) is 1. The van der Waals surface area contributed by atoms with Crippen LogP contribution in [0.4, 0.5) is 11.4 Å². The molecule has 3 aromatic rings. The van der Waals surface area contributed by atoms with Gasteiger partial charge in [0, 0.05) is 24.5 Å². The van der Waals surface area contributed by atoms with Gasteiger partial charge in [-0.15, -0.1) is 0 Å². The third-order valence-electron chi connectivity index (χ3n) is 6.89. The molecule has 5 heteroatoms. The number of fused-ring (bicyclic) bond motifs is 1. The number of rotatable bonds is 6. The molecule has 1 saturated heterocycles. The molecule has 0 radical (unpaired) electrons. The molecule has 170 valence electrons. The molecule has 5 nitrogen and oxygen atoms in total. The Morgan fingerprint density at radius 2 is 1.42 bits per heavy atom. The smallest absolute Gasteiger partial charge is 0.245 e. The number of nitrogens with zero attached hydrogens (tertiary/aromatic N) is 3. The van der Waals surface area contributed by atoms with E-state index in [-0.39, 0.29) is 5.91 Å². The van der Waals surface area contributed by atoms with Gasteiger partial charge in [-0.25, -0.2) is 0 Å². The molecule has 2 aliphatic rings. The number of anilines is 2. The van der Waals surface area contributed by atoms with E-state index in [1.807, 2.05) is 83.8 Å². The average molecular weight is 442 g/mol. The molecule has 1 atom stereocenters. The Labute approximate surface area is 195 Å². The Morgan fingerprint density at radius 1 is 0.848 bits per heavy atom. The zero-order valence-electron chi connectivity index (χ0n) is 18.9. The summed E-state index contributed by atoms with van der Waals surface area (Å²) in [5, 5.41) is 10.7. The molecule has 2 heterocycles. The summed E-state index contributed by atoms with van der Waals surface area (Å²) in [6.07, 6.45) is 1.60. The molecule has 0 saturated carbocycles. The minimum absolute atomic E-state index is 0.0938. The molecular formula is C28H31N3O2. The highest BCUT2D eigenvalue weighted by Gasteiger charge is 2.31. The lowest BCUT2D eigenvalue weighted by Crippen LogP contribution is -2.43. The summed E-state index contributed by atoms with van der Waals surface area (Å²) in [5.74, 6) is 0.635. The summed E-state index contributed by atoms with van der Waals surface area (Å²) < 4.78 is 0. The van der Waals surface area contributed by atoms with Crippen LogP contribution in [0.15, 0.2) is 84.9 Å². The van der Waals surface area contributed by atoms with Gasteiger partial charge in [0.1, 0.15) is 6.23 Å². The molecule has 33 heavy (non-hydrogen) atoms. The van der Waals surface area contributed by atoms with Crippen LogP contribution in [0.25, 0.3) is 0 Å². The van der Waals surface area contributed by atoms with Crippen LogP contribution in [0.3, 0.4) is 0 Å². The molecule has 0 bridgehead atoms. The highest BCUT2D eigenvalue weighted by atomic mass is 16.3. The van der Waals surface area contributed by atoms with Crippen molar-refractivity contribution in [2.24, 2.45) is 5.92 Å². The van der Waals surface area contributed by atoms with Gasteiger partial charge in [0.25, 0.3) is 0 Å². The van der Waals surface area contributed by atoms with Crippen molar-refractivity contribution in [1.29, 1.82) is 0 Å². The number of benzene rings is 3. The van der Waals surface area contributed by atoms with Gasteiger partial charge in [0.2, 0.25) is 5.91 Å². The van der Waals surface area contributed by atoms with Crippen molar-refractivity contribution in [2.75, 3.05) is 31.1 Å². The van der Waals surface area contributed by atoms with E-state index >= 15 is 0 Å². The average Bonchev–Trinajstić information content (AvgIpc) is 3.17. The summed E-state index contributed by atoms with van der Waals surface area (Å²) in [6.45, 7) is 3.95. The fourth-order valence-electron chi connectivity index (χ4n) is 5.11. The lowest BCUT2D eigenvalue weighted by molar-refractivity contribution is -0.119. The molecular weight excluding hydrogens is 410 g/mol. The van der Waals surface area contributed by atoms with Gasteiger partial charge < -0.3 is 5.11 Å². The fourth-order valence-corrected chi connectivity index (χ4v) is 5.11. The van der Waals surface area contributed by atoms with Crippen LogP contribution in [0, 0.1) is 5.92 Å². The van der Waals surface area contributed by atoms with Crippen molar-refractivity contribution in [2.45, 2.75) is 25.6 Å². The highest BCUT2D eigenvalue weighted by Crippen LogP contribution is 2.33. The maximum atomic E-state index is 13.4. The van der Waals surface area contributed by atoms with Gasteiger partial charge >= 0.3 is 0 Å². The monoisotopic (exact) mass is 441 g/mol. The quantitative estimate of drug-likeness (QED) is 0.609. The second-order valence-corrected chi connectivity index (χ2v) is 9.12. The molecule has 2 aliphatic heterocycles. The number of aliphatic hydroxyl groups is 1.